The first-order valence-corrected chi connectivity index (χ1v) is 9.42. The van der Waals surface area contributed by atoms with E-state index in [4.69, 9.17) is 23.8 Å². The summed E-state index contributed by atoms with van der Waals surface area (Å²) in [4.78, 5) is 5.43. The van der Waals surface area contributed by atoms with Gasteiger partial charge in [-0.1, -0.05) is 5.16 Å². The highest BCUT2D eigenvalue weighted by Gasteiger charge is 2.57. The van der Waals surface area contributed by atoms with E-state index in [0.29, 0.717) is 12.1 Å². The molecule has 0 spiro atoms. The molecule has 28 heavy (non-hydrogen) atoms. The molecule has 11 nitrogen and oxygen atoms in total. The van der Waals surface area contributed by atoms with E-state index in [1.165, 1.54) is 0 Å². The van der Waals surface area contributed by atoms with Gasteiger partial charge in [0.15, 0.2) is 12.1 Å². The van der Waals surface area contributed by atoms with E-state index in [1.807, 2.05) is 0 Å². The predicted octanol–water partition coefficient (Wildman–Crippen LogP) is -2.40. The molecule has 10 atom stereocenters. The van der Waals surface area contributed by atoms with Gasteiger partial charge >= 0.3 is 0 Å². The van der Waals surface area contributed by atoms with Crippen molar-refractivity contribution >= 4 is 5.71 Å². The van der Waals surface area contributed by atoms with E-state index >= 15 is 0 Å². The van der Waals surface area contributed by atoms with Crippen LogP contribution in [0.5, 0.6) is 0 Å². The third-order valence-corrected chi connectivity index (χ3v) is 5.60. The third-order valence-electron chi connectivity index (χ3n) is 5.60. The molecule has 3 fully saturated rings. The summed E-state index contributed by atoms with van der Waals surface area (Å²) in [6.45, 7) is 3.02. The summed E-state index contributed by atoms with van der Waals surface area (Å²) in [5, 5.41) is 53.4. The molecule has 11 heteroatoms. The summed E-state index contributed by atoms with van der Waals surface area (Å²) in [6, 6.07) is 0. The number of oxime groups is 1. The number of ether oxygens (including phenoxy) is 4. The molecule has 4 aliphatic heterocycles. The zero-order chi connectivity index (χ0) is 20.2. The van der Waals surface area contributed by atoms with Crippen molar-refractivity contribution in [3.05, 3.63) is 0 Å². The van der Waals surface area contributed by atoms with Crippen molar-refractivity contribution in [3.8, 4) is 0 Å². The molecule has 0 unspecified atom stereocenters. The van der Waals surface area contributed by atoms with Gasteiger partial charge in [-0.05, 0) is 13.8 Å². The average Bonchev–Trinajstić information content (AvgIpc) is 3.30. The van der Waals surface area contributed by atoms with E-state index in [9.17, 15) is 25.5 Å². The van der Waals surface area contributed by atoms with Crippen molar-refractivity contribution in [2.45, 2.75) is 93.7 Å². The van der Waals surface area contributed by atoms with E-state index in [1.54, 1.807) is 13.8 Å². The lowest BCUT2D eigenvalue weighted by Gasteiger charge is -2.40. The lowest BCUT2D eigenvalue weighted by Crippen LogP contribution is -2.59. The van der Waals surface area contributed by atoms with Gasteiger partial charge in [-0.2, -0.15) is 0 Å². The second-order valence-corrected chi connectivity index (χ2v) is 8.13. The fraction of sp³-hybridized carbons (Fsp3) is 0.941. The number of hydrogen-bond donors (Lipinski definition) is 5. The standard InChI is InChI=1S/C17H27NO10/c1-17(2)26-14-13(25-16(23)15(14)27-17)7-3-6(28-18-7)4-8-10(20)12(22)11(21)9(5-19)24-8/h6,8-16,19-23H,3-5H2,1-2H3/t6-,8+,9+,10-,11-,12+,13+,14-,15-,16+/m0/s1. The van der Waals surface area contributed by atoms with Crippen LogP contribution in [0.1, 0.15) is 26.7 Å². The van der Waals surface area contributed by atoms with Crippen LogP contribution in [-0.2, 0) is 23.8 Å². The highest BCUT2D eigenvalue weighted by molar-refractivity contribution is 5.90. The maximum Gasteiger partial charge on any atom is 0.184 e. The molecule has 0 aromatic rings. The molecule has 0 aromatic carbocycles. The second kappa shape index (κ2) is 7.42. The van der Waals surface area contributed by atoms with Crippen LogP contribution in [-0.4, -0.2) is 105 Å². The van der Waals surface area contributed by atoms with Gasteiger partial charge in [0.05, 0.1) is 18.4 Å². The van der Waals surface area contributed by atoms with Gasteiger partial charge in [0.2, 0.25) is 0 Å². The zero-order valence-electron chi connectivity index (χ0n) is 15.6. The zero-order valence-corrected chi connectivity index (χ0v) is 15.6. The Balaban J connectivity index is 1.37. The molecule has 3 saturated heterocycles. The maximum absolute atomic E-state index is 10.2. The molecule has 4 heterocycles. The van der Waals surface area contributed by atoms with Crippen LogP contribution in [0.2, 0.25) is 0 Å². The van der Waals surface area contributed by atoms with Crippen LogP contribution in [0.15, 0.2) is 5.16 Å². The SMILES string of the molecule is CC1(C)O[C@@H]2[C@H](O1)[C@H](O)O[C@@H]2C1=NO[C@H](C[C@H]2O[C@H](CO)[C@H](O)[C@H](O)[C@H]2O)C1. The van der Waals surface area contributed by atoms with E-state index in [0.717, 1.165) is 0 Å². The molecular weight excluding hydrogens is 378 g/mol. The lowest BCUT2D eigenvalue weighted by molar-refractivity contribution is -0.234. The summed E-state index contributed by atoms with van der Waals surface area (Å²) in [5.74, 6) is -0.839. The van der Waals surface area contributed by atoms with Gasteiger partial charge in [0.25, 0.3) is 0 Å². The molecule has 160 valence electrons. The summed E-state index contributed by atoms with van der Waals surface area (Å²) in [5.41, 5.74) is 0.544. The first-order chi connectivity index (χ1) is 13.2. The monoisotopic (exact) mass is 405 g/mol. The van der Waals surface area contributed by atoms with Crippen LogP contribution < -0.4 is 0 Å². The summed E-state index contributed by atoms with van der Waals surface area (Å²) in [7, 11) is 0. The van der Waals surface area contributed by atoms with Gasteiger partial charge in [-0.15, -0.1) is 0 Å². The van der Waals surface area contributed by atoms with E-state index < -0.39 is 73.6 Å². The van der Waals surface area contributed by atoms with Gasteiger partial charge in [0, 0.05) is 12.8 Å². The molecule has 0 aromatic heterocycles. The topological polar surface area (TPSA) is 160 Å². The molecule has 0 bridgehead atoms. The van der Waals surface area contributed by atoms with Crippen LogP contribution >= 0.6 is 0 Å². The Morgan fingerprint density at radius 1 is 0.964 bits per heavy atom. The van der Waals surface area contributed by atoms with Crippen LogP contribution in [0.4, 0.5) is 0 Å². The molecule has 4 aliphatic rings. The Morgan fingerprint density at radius 2 is 1.64 bits per heavy atom. The van der Waals surface area contributed by atoms with Gasteiger partial charge in [-0.25, -0.2) is 0 Å². The van der Waals surface area contributed by atoms with Crippen molar-refractivity contribution in [1.29, 1.82) is 0 Å². The minimum absolute atomic E-state index is 0.181. The molecule has 0 aliphatic carbocycles. The quantitative estimate of drug-likeness (QED) is 0.341. The maximum atomic E-state index is 10.2. The number of rotatable bonds is 4. The molecule has 5 N–H and O–H groups in total. The van der Waals surface area contributed by atoms with E-state index in [-0.39, 0.29) is 6.42 Å². The number of nitrogens with zero attached hydrogens (tertiary/aromatic N) is 1. The lowest BCUT2D eigenvalue weighted by atomic mass is 9.91. The predicted molar refractivity (Wildman–Crippen MR) is 90.0 cm³/mol. The van der Waals surface area contributed by atoms with E-state index in [2.05, 4.69) is 5.16 Å². The average molecular weight is 405 g/mol. The highest BCUT2D eigenvalue weighted by Crippen LogP contribution is 2.40. The first-order valence-electron chi connectivity index (χ1n) is 9.42. The fourth-order valence-electron chi connectivity index (χ4n) is 4.22. The minimum atomic E-state index is -1.43. The Labute approximate surface area is 161 Å². The normalized spacial score (nSPS) is 50.3. The van der Waals surface area contributed by atoms with Crippen molar-refractivity contribution in [3.63, 3.8) is 0 Å². The molecule has 0 amide bonds. The Hall–Kier alpha value is -0.890. The van der Waals surface area contributed by atoms with Crippen LogP contribution in [0.25, 0.3) is 0 Å². The molecule has 0 radical (unpaired) electrons. The number of fused-ring (bicyclic) bond motifs is 1. The third kappa shape index (κ3) is 3.55. The highest BCUT2D eigenvalue weighted by atomic mass is 16.8. The largest absolute Gasteiger partial charge is 0.394 e. The Bertz CT molecular complexity index is 613. The van der Waals surface area contributed by atoms with Crippen molar-refractivity contribution in [2.24, 2.45) is 5.16 Å². The van der Waals surface area contributed by atoms with Crippen molar-refractivity contribution in [1.82, 2.24) is 0 Å². The summed E-state index contributed by atoms with van der Waals surface area (Å²) in [6.07, 6.45) is -8.80. The minimum Gasteiger partial charge on any atom is -0.394 e. The van der Waals surface area contributed by atoms with Crippen LogP contribution in [0, 0.1) is 0 Å². The molecular formula is C17H27NO10. The first kappa shape index (κ1) is 20.4. The summed E-state index contributed by atoms with van der Waals surface area (Å²) >= 11 is 0. The molecule has 0 saturated carbocycles. The fourth-order valence-corrected chi connectivity index (χ4v) is 4.22. The van der Waals surface area contributed by atoms with Crippen molar-refractivity contribution < 1.29 is 49.3 Å². The number of aliphatic hydroxyl groups excluding tert-OH is 5. The molecule has 4 rings (SSSR count). The summed E-state index contributed by atoms with van der Waals surface area (Å²) < 4.78 is 22.5. The number of aliphatic hydroxyl groups is 5. The van der Waals surface area contributed by atoms with Crippen LogP contribution in [0.3, 0.4) is 0 Å². The second-order valence-electron chi connectivity index (χ2n) is 8.13. The van der Waals surface area contributed by atoms with Gasteiger partial charge < -0.3 is 49.3 Å². The Morgan fingerprint density at radius 3 is 2.36 bits per heavy atom. The Kier molecular flexibility index (Phi) is 5.40. The van der Waals surface area contributed by atoms with Gasteiger partial charge in [-0.3, -0.25) is 0 Å². The van der Waals surface area contributed by atoms with Crippen molar-refractivity contribution in [2.75, 3.05) is 6.61 Å². The number of hydrogen-bond acceptors (Lipinski definition) is 11. The van der Waals surface area contributed by atoms with Gasteiger partial charge in [0.1, 0.15) is 48.8 Å². The smallest absolute Gasteiger partial charge is 0.184 e.